The fraction of sp³-hybridized carbons (Fsp3) is 0.154. The van der Waals surface area contributed by atoms with Crippen LogP contribution in [0.2, 0.25) is 0 Å². The Morgan fingerprint density at radius 2 is 2.10 bits per heavy atom. The van der Waals surface area contributed by atoms with Crippen molar-refractivity contribution >= 4 is 33.0 Å². The van der Waals surface area contributed by atoms with E-state index in [9.17, 15) is 0 Å². The van der Waals surface area contributed by atoms with Crippen LogP contribution in [0.1, 0.15) is 5.56 Å². The van der Waals surface area contributed by atoms with E-state index in [-0.39, 0.29) is 0 Å². The fourth-order valence-electron chi connectivity index (χ4n) is 2.01. The number of methoxy groups -OCH3 is 1. The number of fused-ring (bicyclic) bond motifs is 1. The average Bonchev–Trinajstić information content (AvgIpc) is 2.78. The monoisotopic (exact) mass is 333 g/mol. The lowest BCUT2D eigenvalue weighted by Gasteiger charge is -2.07. The third-order valence-electron chi connectivity index (χ3n) is 3.04. The minimum atomic E-state index is 0.342. The van der Waals surface area contributed by atoms with Crippen LogP contribution in [0.3, 0.4) is 0 Å². The molecule has 7 heteroatoms. The number of nitrogen functional groups attached to an aromatic ring is 1. The number of imidazole rings is 1. The van der Waals surface area contributed by atoms with Gasteiger partial charge in [0.25, 0.3) is 0 Å². The molecule has 2 aromatic heterocycles. The van der Waals surface area contributed by atoms with Crippen LogP contribution in [0.5, 0.6) is 5.88 Å². The Hall–Kier alpha value is -2.15. The maximum Gasteiger partial charge on any atom is 0.245 e. The zero-order chi connectivity index (χ0) is 14.3. The standard InChI is InChI=1S/C13H12BrN5O/c1-7-3-4-8(5-9(7)14)19-11-10(18-13(19)15)12(20-2)17-6-16-11/h3-6H,1-2H3,(H2,15,18). The van der Waals surface area contributed by atoms with E-state index < -0.39 is 0 Å². The van der Waals surface area contributed by atoms with E-state index >= 15 is 0 Å². The molecule has 3 aromatic rings. The fourth-order valence-corrected chi connectivity index (χ4v) is 2.38. The normalized spacial score (nSPS) is 10.9. The first-order valence-corrected chi connectivity index (χ1v) is 6.70. The molecule has 2 N–H and O–H groups in total. The smallest absolute Gasteiger partial charge is 0.245 e. The molecule has 0 aliphatic carbocycles. The molecular weight excluding hydrogens is 322 g/mol. The number of rotatable bonds is 2. The van der Waals surface area contributed by atoms with Crippen molar-refractivity contribution in [3.63, 3.8) is 0 Å². The first kappa shape index (κ1) is 12.9. The van der Waals surface area contributed by atoms with E-state index in [2.05, 4.69) is 30.9 Å². The Morgan fingerprint density at radius 1 is 1.30 bits per heavy atom. The van der Waals surface area contributed by atoms with E-state index in [0.29, 0.717) is 23.0 Å². The highest BCUT2D eigenvalue weighted by Gasteiger charge is 2.16. The van der Waals surface area contributed by atoms with Gasteiger partial charge in [-0.05, 0) is 24.6 Å². The van der Waals surface area contributed by atoms with Gasteiger partial charge in [-0.1, -0.05) is 22.0 Å². The number of nitrogens with two attached hydrogens (primary N) is 1. The number of ether oxygens (including phenoxy) is 1. The summed E-state index contributed by atoms with van der Waals surface area (Å²) >= 11 is 3.52. The van der Waals surface area contributed by atoms with E-state index in [0.717, 1.165) is 15.7 Å². The molecule has 0 aliphatic heterocycles. The number of anilines is 1. The second-order valence-electron chi connectivity index (χ2n) is 4.29. The summed E-state index contributed by atoms with van der Waals surface area (Å²) in [5, 5.41) is 0. The molecule has 0 fully saturated rings. The van der Waals surface area contributed by atoms with Crippen LogP contribution >= 0.6 is 15.9 Å². The van der Waals surface area contributed by atoms with Gasteiger partial charge in [0.15, 0.2) is 11.2 Å². The molecule has 0 aliphatic rings. The van der Waals surface area contributed by atoms with Gasteiger partial charge >= 0.3 is 0 Å². The summed E-state index contributed by atoms with van der Waals surface area (Å²) in [6, 6.07) is 5.94. The summed E-state index contributed by atoms with van der Waals surface area (Å²) in [5.41, 5.74) is 9.19. The van der Waals surface area contributed by atoms with Crippen molar-refractivity contribution in [2.24, 2.45) is 0 Å². The van der Waals surface area contributed by atoms with Crippen LogP contribution in [0.15, 0.2) is 29.0 Å². The van der Waals surface area contributed by atoms with Crippen molar-refractivity contribution in [2.75, 3.05) is 12.8 Å². The highest BCUT2D eigenvalue weighted by atomic mass is 79.9. The predicted molar refractivity (Wildman–Crippen MR) is 80.1 cm³/mol. The topological polar surface area (TPSA) is 78.8 Å². The number of nitrogens with zero attached hydrogens (tertiary/aromatic N) is 4. The summed E-state index contributed by atoms with van der Waals surface area (Å²) in [5.74, 6) is 0.751. The molecule has 0 unspecified atom stereocenters. The lowest BCUT2D eigenvalue weighted by Crippen LogP contribution is -2.01. The van der Waals surface area contributed by atoms with Gasteiger partial charge in [-0.15, -0.1) is 0 Å². The molecule has 0 radical (unpaired) electrons. The van der Waals surface area contributed by atoms with Gasteiger partial charge in [0.2, 0.25) is 11.8 Å². The van der Waals surface area contributed by atoms with Crippen molar-refractivity contribution in [3.8, 4) is 11.6 Å². The highest BCUT2D eigenvalue weighted by Crippen LogP contribution is 2.28. The van der Waals surface area contributed by atoms with Crippen LogP contribution in [0.25, 0.3) is 16.9 Å². The second kappa shape index (κ2) is 4.75. The lowest BCUT2D eigenvalue weighted by atomic mass is 10.2. The minimum absolute atomic E-state index is 0.342. The summed E-state index contributed by atoms with van der Waals surface area (Å²) in [7, 11) is 1.54. The van der Waals surface area contributed by atoms with Crippen LogP contribution < -0.4 is 10.5 Å². The lowest BCUT2D eigenvalue weighted by molar-refractivity contribution is 0.401. The van der Waals surface area contributed by atoms with Crippen molar-refractivity contribution in [3.05, 3.63) is 34.6 Å². The third kappa shape index (κ3) is 1.90. The van der Waals surface area contributed by atoms with E-state index in [1.165, 1.54) is 6.33 Å². The molecule has 0 saturated carbocycles. The first-order valence-electron chi connectivity index (χ1n) is 5.91. The van der Waals surface area contributed by atoms with Crippen molar-refractivity contribution in [2.45, 2.75) is 6.92 Å². The molecule has 0 spiro atoms. The van der Waals surface area contributed by atoms with Gasteiger partial charge in [0, 0.05) is 4.47 Å². The number of hydrogen-bond acceptors (Lipinski definition) is 5. The van der Waals surface area contributed by atoms with Crippen LogP contribution in [-0.2, 0) is 0 Å². The first-order chi connectivity index (χ1) is 9.61. The van der Waals surface area contributed by atoms with Crippen molar-refractivity contribution in [1.82, 2.24) is 19.5 Å². The average molecular weight is 334 g/mol. The summed E-state index contributed by atoms with van der Waals surface area (Å²) in [6.45, 7) is 2.02. The van der Waals surface area contributed by atoms with Gasteiger partial charge in [0.1, 0.15) is 6.33 Å². The molecular formula is C13H12BrN5O. The number of hydrogen-bond donors (Lipinski definition) is 1. The molecule has 2 heterocycles. The van der Waals surface area contributed by atoms with E-state index in [4.69, 9.17) is 10.5 Å². The SMILES string of the molecule is COc1ncnc2c1nc(N)n2-c1ccc(C)c(Br)c1. The Morgan fingerprint density at radius 3 is 2.80 bits per heavy atom. The molecule has 20 heavy (non-hydrogen) atoms. The zero-order valence-electron chi connectivity index (χ0n) is 11.0. The maximum absolute atomic E-state index is 6.01. The third-order valence-corrected chi connectivity index (χ3v) is 3.90. The molecule has 0 amide bonds. The molecule has 0 atom stereocenters. The second-order valence-corrected chi connectivity index (χ2v) is 5.15. The summed E-state index contributed by atoms with van der Waals surface area (Å²) in [6.07, 6.45) is 1.43. The Kier molecular flexibility index (Phi) is 3.06. The van der Waals surface area contributed by atoms with Crippen molar-refractivity contribution in [1.29, 1.82) is 0 Å². The number of halogens is 1. The maximum atomic E-state index is 6.01. The number of benzene rings is 1. The van der Waals surface area contributed by atoms with Gasteiger partial charge in [-0.25, -0.2) is 9.97 Å². The quantitative estimate of drug-likeness (QED) is 0.779. The van der Waals surface area contributed by atoms with Gasteiger partial charge in [-0.2, -0.15) is 4.98 Å². The predicted octanol–water partition coefficient (Wildman–Crippen LogP) is 2.48. The molecule has 0 bridgehead atoms. The van der Waals surface area contributed by atoms with Gasteiger partial charge < -0.3 is 10.5 Å². The molecule has 0 saturated heterocycles. The van der Waals surface area contributed by atoms with Crippen LogP contribution in [0.4, 0.5) is 5.95 Å². The number of aryl methyl sites for hydroxylation is 1. The van der Waals surface area contributed by atoms with E-state index in [1.54, 1.807) is 11.7 Å². The minimum Gasteiger partial charge on any atom is -0.479 e. The van der Waals surface area contributed by atoms with Crippen LogP contribution in [-0.4, -0.2) is 26.6 Å². The van der Waals surface area contributed by atoms with Gasteiger partial charge in [0.05, 0.1) is 12.8 Å². The number of aromatic nitrogens is 4. The van der Waals surface area contributed by atoms with Crippen LogP contribution in [0, 0.1) is 6.92 Å². The highest BCUT2D eigenvalue weighted by molar-refractivity contribution is 9.10. The Bertz CT molecular complexity index is 799. The molecule has 3 rings (SSSR count). The van der Waals surface area contributed by atoms with Gasteiger partial charge in [-0.3, -0.25) is 4.57 Å². The van der Waals surface area contributed by atoms with E-state index in [1.807, 2.05) is 25.1 Å². The molecule has 102 valence electrons. The largest absolute Gasteiger partial charge is 0.479 e. The zero-order valence-corrected chi connectivity index (χ0v) is 12.5. The Balaban J connectivity index is 2.30. The molecule has 1 aromatic carbocycles. The summed E-state index contributed by atoms with van der Waals surface area (Å²) in [4.78, 5) is 12.6. The van der Waals surface area contributed by atoms with Crippen molar-refractivity contribution < 1.29 is 4.74 Å². The summed E-state index contributed by atoms with van der Waals surface area (Å²) < 4.78 is 7.95. The Labute approximate surface area is 123 Å². The molecule has 6 nitrogen and oxygen atoms in total.